The molecule has 1 aromatic rings. The second-order valence-corrected chi connectivity index (χ2v) is 8.27. The molecule has 0 radical (unpaired) electrons. The molecule has 2 aliphatic heterocycles. The lowest BCUT2D eigenvalue weighted by Crippen LogP contribution is -2.68. The van der Waals surface area contributed by atoms with Gasteiger partial charge in [-0.3, -0.25) is 15.0 Å². The molecule has 6 nitrogen and oxygen atoms in total. The van der Waals surface area contributed by atoms with Crippen molar-refractivity contribution in [3.05, 3.63) is 35.9 Å². The molecule has 4 atom stereocenters. The quantitative estimate of drug-likeness (QED) is 0.733. The monoisotopic (exact) mass is 384 g/mol. The number of carbonyl (C=O) groups is 2. The average molecular weight is 385 g/mol. The Labute approximate surface area is 167 Å². The zero-order valence-corrected chi connectivity index (χ0v) is 16.8. The molecule has 1 saturated carbocycles. The van der Waals surface area contributed by atoms with Crippen LogP contribution in [-0.4, -0.2) is 59.5 Å². The number of likely N-dealkylation sites (N-methyl/N-ethyl adjacent to an activating group) is 1. The van der Waals surface area contributed by atoms with Gasteiger partial charge in [-0.2, -0.15) is 0 Å². The molecule has 1 aromatic carbocycles. The largest absolute Gasteiger partial charge is 0.356 e. The Morgan fingerprint density at radius 3 is 2.79 bits per heavy atom. The molecule has 4 rings (SSSR count). The Bertz CT molecular complexity index is 695. The van der Waals surface area contributed by atoms with E-state index in [1.807, 2.05) is 11.0 Å². The molecule has 3 aliphatic rings. The summed E-state index contributed by atoms with van der Waals surface area (Å²) in [6.45, 7) is 4.38. The maximum atomic E-state index is 12.9. The Morgan fingerprint density at radius 2 is 2.00 bits per heavy atom. The number of fused-ring (bicyclic) bond motifs is 3. The number of hydrogen-bond acceptors (Lipinski definition) is 4. The van der Waals surface area contributed by atoms with Crippen LogP contribution in [0.15, 0.2) is 30.3 Å². The maximum Gasteiger partial charge on any atom is 0.241 e. The summed E-state index contributed by atoms with van der Waals surface area (Å²) in [5.74, 6) is 0.406. The van der Waals surface area contributed by atoms with E-state index in [-0.39, 0.29) is 29.8 Å². The lowest BCUT2D eigenvalue weighted by atomic mass is 9.78. The summed E-state index contributed by atoms with van der Waals surface area (Å²) < 4.78 is 0. The summed E-state index contributed by atoms with van der Waals surface area (Å²) >= 11 is 0. The van der Waals surface area contributed by atoms with Crippen LogP contribution < -0.4 is 10.7 Å². The molecule has 2 N–H and O–H groups in total. The van der Waals surface area contributed by atoms with Gasteiger partial charge in [0.1, 0.15) is 6.04 Å². The van der Waals surface area contributed by atoms with Gasteiger partial charge in [-0.15, -0.1) is 0 Å². The van der Waals surface area contributed by atoms with Gasteiger partial charge in [0.15, 0.2) is 0 Å². The van der Waals surface area contributed by atoms with Crippen molar-refractivity contribution in [3.63, 3.8) is 0 Å². The highest BCUT2D eigenvalue weighted by Gasteiger charge is 2.50. The zero-order valence-electron chi connectivity index (χ0n) is 16.8. The number of hydrazine groups is 1. The van der Waals surface area contributed by atoms with E-state index in [2.05, 4.69) is 46.9 Å². The van der Waals surface area contributed by atoms with Gasteiger partial charge < -0.3 is 10.2 Å². The summed E-state index contributed by atoms with van der Waals surface area (Å²) in [6, 6.07) is 10.9. The van der Waals surface area contributed by atoms with E-state index in [0.29, 0.717) is 12.6 Å². The first-order valence-electron chi connectivity index (χ1n) is 10.8. The third-order valence-electron chi connectivity index (χ3n) is 6.65. The van der Waals surface area contributed by atoms with Crippen molar-refractivity contribution in [2.45, 2.75) is 63.6 Å². The van der Waals surface area contributed by atoms with E-state index in [9.17, 15) is 9.59 Å². The van der Waals surface area contributed by atoms with Crippen molar-refractivity contribution in [3.8, 4) is 0 Å². The molecule has 2 saturated heterocycles. The first kappa shape index (κ1) is 19.4. The van der Waals surface area contributed by atoms with Crippen LogP contribution in [-0.2, 0) is 16.0 Å². The lowest BCUT2D eigenvalue weighted by molar-refractivity contribution is -0.155. The minimum absolute atomic E-state index is 0.00966. The van der Waals surface area contributed by atoms with Gasteiger partial charge in [-0.1, -0.05) is 30.3 Å². The van der Waals surface area contributed by atoms with E-state index in [1.54, 1.807) is 0 Å². The molecular weight excluding hydrogens is 352 g/mol. The predicted molar refractivity (Wildman–Crippen MR) is 108 cm³/mol. The molecule has 2 heterocycles. The van der Waals surface area contributed by atoms with Crippen molar-refractivity contribution in [2.75, 3.05) is 19.6 Å². The lowest BCUT2D eigenvalue weighted by Gasteiger charge is -2.51. The zero-order chi connectivity index (χ0) is 19.5. The maximum absolute atomic E-state index is 12.9. The highest BCUT2D eigenvalue weighted by atomic mass is 16.2. The molecule has 152 valence electrons. The normalized spacial score (nSPS) is 30.0. The van der Waals surface area contributed by atoms with Crippen molar-refractivity contribution >= 4 is 11.8 Å². The van der Waals surface area contributed by atoms with Gasteiger partial charge in [-0.25, -0.2) is 5.01 Å². The van der Waals surface area contributed by atoms with Crippen molar-refractivity contribution in [1.82, 2.24) is 20.7 Å². The first-order valence-corrected chi connectivity index (χ1v) is 10.8. The number of amides is 2. The first-order chi connectivity index (χ1) is 13.7. The highest BCUT2D eigenvalue weighted by Crippen LogP contribution is 2.37. The molecular formula is C22H32N4O2. The molecule has 0 bridgehead atoms. The number of benzene rings is 1. The van der Waals surface area contributed by atoms with E-state index in [1.165, 1.54) is 5.56 Å². The summed E-state index contributed by atoms with van der Waals surface area (Å²) in [5.41, 5.74) is 4.73. The van der Waals surface area contributed by atoms with Crippen molar-refractivity contribution in [2.24, 2.45) is 5.92 Å². The Kier molecular flexibility index (Phi) is 5.97. The molecule has 28 heavy (non-hydrogen) atoms. The average Bonchev–Trinajstić information content (AvgIpc) is 3.22. The van der Waals surface area contributed by atoms with Crippen LogP contribution in [0.4, 0.5) is 0 Å². The standard InChI is InChI=1S/C22H32N4O2/c1-2-25-20-15-17(10-11-18(20)26-19(22(25)28)12-14-24-26)21(27)23-13-6-9-16-7-4-3-5-8-16/h3-5,7-8,17-20,24H,2,6,9-15H2,1H3,(H,23,27). The van der Waals surface area contributed by atoms with Crippen molar-refractivity contribution in [1.29, 1.82) is 0 Å². The predicted octanol–water partition coefficient (Wildman–Crippen LogP) is 1.71. The molecule has 3 fully saturated rings. The van der Waals surface area contributed by atoms with E-state index < -0.39 is 0 Å². The number of nitrogens with zero attached hydrogens (tertiary/aromatic N) is 2. The number of hydrogen-bond donors (Lipinski definition) is 2. The van der Waals surface area contributed by atoms with Gasteiger partial charge in [0.25, 0.3) is 0 Å². The summed E-state index contributed by atoms with van der Waals surface area (Å²) in [6.07, 6.45) is 5.48. The molecule has 6 heteroatoms. The Hall–Kier alpha value is -1.92. The SMILES string of the molecule is CCN1C(=O)C2CCNN2C2CCC(C(=O)NCCCc3ccccc3)CC21. The van der Waals surface area contributed by atoms with E-state index in [4.69, 9.17) is 0 Å². The van der Waals surface area contributed by atoms with Crippen LogP contribution in [0.25, 0.3) is 0 Å². The molecule has 2 amide bonds. The van der Waals surface area contributed by atoms with Crippen LogP contribution in [0.5, 0.6) is 0 Å². The van der Waals surface area contributed by atoms with Gasteiger partial charge in [0.05, 0.1) is 0 Å². The fourth-order valence-corrected chi connectivity index (χ4v) is 5.24. The Balaban J connectivity index is 1.30. The second kappa shape index (κ2) is 8.62. The highest BCUT2D eigenvalue weighted by molar-refractivity contribution is 5.84. The fourth-order valence-electron chi connectivity index (χ4n) is 5.24. The van der Waals surface area contributed by atoms with E-state index >= 15 is 0 Å². The molecule has 4 unspecified atom stereocenters. The molecule has 1 aliphatic carbocycles. The van der Waals surface area contributed by atoms with Crippen LogP contribution in [0.2, 0.25) is 0 Å². The summed E-state index contributed by atoms with van der Waals surface area (Å²) in [4.78, 5) is 27.6. The molecule has 0 spiro atoms. The number of aryl methyl sites for hydroxylation is 1. The number of piperazine rings is 1. The van der Waals surface area contributed by atoms with Crippen LogP contribution in [0, 0.1) is 5.92 Å². The Morgan fingerprint density at radius 1 is 1.18 bits per heavy atom. The van der Waals surface area contributed by atoms with Crippen LogP contribution >= 0.6 is 0 Å². The second-order valence-electron chi connectivity index (χ2n) is 8.27. The van der Waals surface area contributed by atoms with Gasteiger partial charge in [0.2, 0.25) is 11.8 Å². The van der Waals surface area contributed by atoms with Crippen LogP contribution in [0.1, 0.15) is 44.6 Å². The third kappa shape index (κ3) is 3.80. The number of nitrogens with one attached hydrogen (secondary N) is 2. The minimum Gasteiger partial charge on any atom is -0.356 e. The van der Waals surface area contributed by atoms with Gasteiger partial charge >= 0.3 is 0 Å². The third-order valence-corrected chi connectivity index (χ3v) is 6.65. The van der Waals surface area contributed by atoms with Gasteiger partial charge in [0, 0.05) is 37.6 Å². The van der Waals surface area contributed by atoms with Crippen molar-refractivity contribution < 1.29 is 9.59 Å². The topological polar surface area (TPSA) is 64.7 Å². The van der Waals surface area contributed by atoms with Gasteiger partial charge in [-0.05, 0) is 51.0 Å². The molecule has 0 aromatic heterocycles. The summed E-state index contributed by atoms with van der Waals surface area (Å²) in [5, 5.41) is 5.34. The van der Waals surface area contributed by atoms with E-state index in [0.717, 1.165) is 51.6 Å². The smallest absolute Gasteiger partial charge is 0.241 e. The number of rotatable bonds is 6. The number of carbonyl (C=O) groups excluding carboxylic acids is 2. The minimum atomic E-state index is -0.00966. The van der Waals surface area contributed by atoms with Crippen LogP contribution in [0.3, 0.4) is 0 Å². The summed E-state index contributed by atoms with van der Waals surface area (Å²) in [7, 11) is 0. The fraction of sp³-hybridized carbons (Fsp3) is 0.636.